The van der Waals surface area contributed by atoms with Gasteiger partial charge in [0.05, 0.1) is 0 Å². The van der Waals surface area contributed by atoms with Crippen molar-refractivity contribution in [1.82, 2.24) is 0 Å². The Bertz CT molecular complexity index is 494. The maximum Gasteiger partial charge on any atom is 1.00 e. The molecular weight excluding hydrogens is 215 g/mol. The number of hydrogen-bond donors (Lipinski definition) is 0. The van der Waals surface area contributed by atoms with E-state index in [4.69, 9.17) is 0 Å². The van der Waals surface area contributed by atoms with Crippen LogP contribution in [-0.4, -0.2) is 0 Å². The van der Waals surface area contributed by atoms with Crippen LogP contribution in [0.1, 0.15) is 5.56 Å². The summed E-state index contributed by atoms with van der Waals surface area (Å²) < 4.78 is 0. The van der Waals surface area contributed by atoms with Crippen molar-refractivity contribution in [3.63, 3.8) is 0 Å². The maximum absolute atomic E-state index is 4.60. The van der Waals surface area contributed by atoms with Crippen molar-refractivity contribution in [2.75, 3.05) is 0 Å². The number of fused-ring (bicyclic) bond motifs is 1. The van der Waals surface area contributed by atoms with Gasteiger partial charge in [0, 0.05) is 5.56 Å². The minimum absolute atomic E-state index is 0. The first-order valence-electron chi connectivity index (χ1n) is 4.02. The van der Waals surface area contributed by atoms with Crippen molar-refractivity contribution < 1.29 is 51.4 Å². The van der Waals surface area contributed by atoms with E-state index in [-0.39, 0.29) is 51.4 Å². The van der Waals surface area contributed by atoms with E-state index in [1.54, 1.807) is 0 Å². The molecule has 0 aromatic heterocycles. The third-order valence-corrected chi connectivity index (χ3v) is 2.05. The molecule has 62 valence electrons. The fourth-order valence-corrected chi connectivity index (χ4v) is 1.44. The fourth-order valence-electron chi connectivity index (χ4n) is 1.33. The molecule has 0 saturated carbocycles. The van der Waals surface area contributed by atoms with Gasteiger partial charge in [-0.1, -0.05) is 36.3 Å². The van der Waals surface area contributed by atoms with Gasteiger partial charge in [-0.15, -0.1) is 0 Å². The van der Waals surface area contributed by atoms with Crippen LogP contribution < -0.4 is 51.4 Å². The van der Waals surface area contributed by atoms with Gasteiger partial charge in [-0.05, 0) is 22.9 Å². The summed E-state index contributed by atoms with van der Waals surface area (Å²) in [5, 5.41) is 4.92. The van der Waals surface area contributed by atoms with E-state index in [0.29, 0.717) is 0 Å². The van der Waals surface area contributed by atoms with Crippen molar-refractivity contribution in [1.29, 1.82) is 0 Å². The van der Waals surface area contributed by atoms with Gasteiger partial charge in [0.1, 0.15) is 0 Å². The Morgan fingerprint density at radius 2 is 1.64 bits per heavy atom. The third kappa shape index (κ3) is 2.80. The molecule has 0 unspecified atom stereocenters. The van der Waals surface area contributed by atoms with Crippen molar-refractivity contribution in [2.24, 2.45) is 0 Å². The summed E-state index contributed by atoms with van der Waals surface area (Å²) in [6.45, 7) is 0. The van der Waals surface area contributed by atoms with Gasteiger partial charge in [0.25, 0.3) is 0 Å². The Balaban J connectivity index is 0.000000980. The SMILES string of the molecule is [K+].[S-]C#Cc1ccc2ccccc2c1. The molecule has 0 spiro atoms. The van der Waals surface area contributed by atoms with E-state index < -0.39 is 0 Å². The van der Waals surface area contributed by atoms with Crippen LogP contribution in [-0.2, 0) is 12.6 Å². The second-order valence-corrected chi connectivity index (χ2v) is 2.99. The standard InChI is InChI=1S/C12H8S.K/c13-8-7-10-5-6-11-3-1-2-4-12(11)9-10;/h1-6,9,13H;/q;+1/p-1. The summed E-state index contributed by atoms with van der Waals surface area (Å²) in [7, 11) is 0. The first kappa shape index (κ1) is 12.2. The summed E-state index contributed by atoms with van der Waals surface area (Å²) in [5.41, 5.74) is 0.980. The van der Waals surface area contributed by atoms with Gasteiger partial charge in [-0.3, -0.25) is 0 Å². The molecule has 0 aliphatic rings. The van der Waals surface area contributed by atoms with Crippen LogP contribution in [0.25, 0.3) is 10.8 Å². The third-order valence-electron chi connectivity index (χ3n) is 1.94. The van der Waals surface area contributed by atoms with Crippen LogP contribution >= 0.6 is 0 Å². The zero-order valence-corrected chi connectivity index (χ0v) is 11.9. The molecule has 2 rings (SSSR count). The van der Waals surface area contributed by atoms with Gasteiger partial charge in [0.15, 0.2) is 0 Å². The average molecular weight is 222 g/mol. The first-order valence-corrected chi connectivity index (χ1v) is 4.43. The fraction of sp³-hybridized carbons (Fsp3) is 0. The molecule has 0 N–H and O–H groups in total. The summed E-state index contributed by atoms with van der Waals surface area (Å²) in [6.07, 6.45) is 0. The Morgan fingerprint density at radius 1 is 0.929 bits per heavy atom. The summed E-state index contributed by atoms with van der Waals surface area (Å²) >= 11 is 4.60. The molecule has 0 amide bonds. The van der Waals surface area contributed by atoms with Gasteiger partial charge >= 0.3 is 51.4 Å². The van der Waals surface area contributed by atoms with Crippen LogP contribution in [0.5, 0.6) is 0 Å². The molecule has 0 fully saturated rings. The zero-order chi connectivity index (χ0) is 9.10. The van der Waals surface area contributed by atoms with E-state index in [1.807, 2.05) is 18.2 Å². The Labute approximate surface area is 132 Å². The zero-order valence-electron chi connectivity index (χ0n) is 7.95. The van der Waals surface area contributed by atoms with Crippen LogP contribution in [0.15, 0.2) is 42.5 Å². The molecule has 2 heteroatoms. The van der Waals surface area contributed by atoms with Crippen molar-refractivity contribution in [2.45, 2.75) is 0 Å². The van der Waals surface area contributed by atoms with Crippen molar-refractivity contribution in [3.05, 3.63) is 48.0 Å². The van der Waals surface area contributed by atoms with E-state index >= 15 is 0 Å². The quantitative estimate of drug-likeness (QED) is 0.335. The van der Waals surface area contributed by atoms with Crippen molar-refractivity contribution in [3.8, 4) is 11.2 Å². The monoisotopic (exact) mass is 222 g/mol. The largest absolute Gasteiger partial charge is 1.00 e. The van der Waals surface area contributed by atoms with Crippen LogP contribution in [0, 0.1) is 11.2 Å². The molecular formula is C12H7KS. The molecule has 14 heavy (non-hydrogen) atoms. The molecule has 0 saturated heterocycles. The summed E-state index contributed by atoms with van der Waals surface area (Å²) in [5.74, 6) is 2.86. The second kappa shape index (κ2) is 5.87. The van der Waals surface area contributed by atoms with E-state index in [1.165, 1.54) is 10.8 Å². The molecule has 0 aliphatic heterocycles. The Hall–Kier alpha value is 0.116. The average Bonchev–Trinajstić information content (AvgIpc) is 2.18. The molecule has 0 atom stereocenters. The van der Waals surface area contributed by atoms with Gasteiger partial charge < -0.3 is 12.6 Å². The predicted molar refractivity (Wildman–Crippen MR) is 58.2 cm³/mol. The van der Waals surface area contributed by atoms with Gasteiger partial charge in [0.2, 0.25) is 0 Å². The van der Waals surface area contributed by atoms with E-state index in [0.717, 1.165) is 5.56 Å². The topological polar surface area (TPSA) is 0 Å². The molecule has 2 aromatic rings. The predicted octanol–water partition coefficient (Wildman–Crippen LogP) is -0.300. The van der Waals surface area contributed by atoms with E-state index in [9.17, 15) is 0 Å². The maximum atomic E-state index is 4.60. The number of benzene rings is 2. The number of hydrogen-bond acceptors (Lipinski definition) is 1. The molecule has 0 bridgehead atoms. The van der Waals surface area contributed by atoms with Crippen LogP contribution in [0.2, 0.25) is 0 Å². The summed E-state index contributed by atoms with van der Waals surface area (Å²) in [4.78, 5) is 0. The first-order chi connectivity index (χ1) is 6.40. The molecule has 0 nitrogen and oxygen atoms in total. The molecule has 2 aromatic carbocycles. The van der Waals surface area contributed by atoms with Crippen molar-refractivity contribution >= 4 is 23.4 Å². The molecule has 0 aliphatic carbocycles. The van der Waals surface area contributed by atoms with Gasteiger partial charge in [-0.2, -0.15) is 0 Å². The smallest absolute Gasteiger partial charge is 0.724 e. The Kier molecular flexibility index (Phi) is 5.11. The Morgan fingerprint density at radius 3 is 2.36 bits per heavy atom. The molecule has 0 radical (unpaired) electrons. The minimum Gasteiger partial charge on any atom is -0.724 e. The van der Waals surface area contributed by atoms with E-state index in [2.05, 4.69) is 48.1 Å². The van der Waals surface area contributed by atoms with Gasteiger partial charge in [-0.25, -0.2) is 5.25 Å². The number of rotatable bonds is 0. The summed E-state index contributed by atoms with van der Waals surface area (Å²) in [6, 6.07) is 14.3. The second-order valence-electron chi connectivity index (χ2n) is 2.79. The molecule has 0 heterocycles. The van der Waals surface area contributed by atoms with Crippen LogP contribution in [0.4, 0.5) is 0 Å². The normalized spacial score (nSPS) is 8.57. The van der Waals surface area contributed by atoms with Crippen LogP contribution in [0.3, 0.4) is 0 Å². The minimum atomic E-state index is 0.